The molecule has 0 aliphatic rings. The average Bonchev–Trinajstić information content (AvgIpc) is 2.77. The lowest BCUT2D eigenvalue weighted by molar-refractivity contribution is 0.426. The summed E-state index contributed by atoms with van der Waals surface area (Å²) in [6.45, 7) is 4.58. The molecular formula is C9H11N3OS. The maximum Gasteiger partial charge on any atom is 0.228 e. The molecule has 2 aromatic heterocycles. The van der Waals surface area contributed by atoms with Crippen LogP contribution in [0.25, 0.3) is 0 Å². The molecule has 2 heterocycles. The second kappa shape index (κ2) is 3.79. The van der Waals surface area contributed by atoms with E-state index < -0.39 is 0 Å². The van der Waals surface area contributed by atoms with Gasteiger partial charge in [-0.2, -0.15) is 0 Å². The van der Waals surface area contributed by atoms with Crippen molar-refractivity contribution in [1.82, 2.24) is 10.1 Å². The first-order chi connectivity index (χ1) is 6.77. The summed E-state index contributed by atoms with van der Waals surface area (Å²) in [6.07, 6.45) is 0. The fourth-order valence-corrected chi connectivity index (χ4v) is 1.63. The summed E-state index contributed by atoms with van der Waals surface area (Å²) in [5, 5.41) is 9.02. The Morgan fingerprint density at radius 2 is 2.36 bits per heavy atom. The predicted octanol–water partition coefficient (Wildman–Crippen LogP) is 2.36. The third-order valence-electron chi connectivity index (χ3n) is 2.07. The lowest BCUT2D eigenvalue weighted by Crippen LogP contribution is -1.99. The highest BCUT2D eigenvalue weighted by Crippen LogP contribution is 2.17. The van der Waals surface area contributed by atoms with E-state index in [9.17, 15) is 0 Å². The third-order valence-corrected chi connectivity index (χ3v) is 2.71. The van der Waals surface area contributed by atoms with Crippen molar-refractivity contribution in [1.29, 1.82) is 0 Å². The highest BCUT2D eigenvalue weighted by Gasteiger charge is 2.07. The van der Waals surface area contributed by atoms with Crippen LogP contribution in [0.15, 0.2) is 15.4 Å². The molecule has 0 aliphatic heterocycles. The largest absolute Gasteiger partial charge is 0.348 e. The number of anilines is 1. The first-order valence-corrected chi connectivity index (χ1v) is 5.25. The second-order valence-electron chi connectivity index (χ2n) is 3.06. The molecule has 0 aromatic carbocycles. The minimum absolute atomic E-state index is 0.680. The summed E-state index contributed by atoms with van der Waals surface area (Å²) < 4.78 is 5.11. The van der Waals surface area contributed by atoms with E-state index in [4.69, 9.17) is 4.52 Å². The van der Waals surface area contributed by atoms with Gasteiger partial charge in [-0.05, 0) is 13.8 Å². The molecule has 14 heavy (non-hydrogen) atoms. The van der Waals surface area contributed by atoms with Gasteiger partial charge >= 0.3 is 0 Å². The summed E-state index contributed by atoms with van der Waals surface area (Å²) >= 11 is 1.59. The van der Waals surface area contributed by atoms with Crippen molar-refractivity contribution in [2.24, 2.45) is 0 Å². The molecule has 5 heteroatoms. The fourth-order valence-electron chi connectivity index (χ4n) is 1.08. The number of thiazole rings is 1. The van der Waals surface area contributed by atoms with Gasteiger partial charge in [-0.1, -0.05) is 5.16 Å². The van der Waals surface area contributed by atoms with Gasteiger partial charge in [0.25, 0.3) is 0 Å². The first-order valence-electron chi connectivity index (χ1n) is 4.31. The molecule has 1 N–H and O–H groups in total. The number of nitrogens with zero attached hydrogens (tertiary/aromatic N) is 2. The summed E-state index contributed by atoms with van der Waals surface area (Å²) in [5.41, 5.74) is 4.81. The van der Waals surface area contributed by atoms with Crippen LogP contribution >= 0.6 is 11.3 Å². The zero-order valence-corrected chi connectivity index (χ0v) is 8.89. The Labute approximate surface area is 86.0 Å². The molecule has 0 radical (unpaired) electrons. The van der Waals surface area contributed by atoms with Gasteiger partial charge in [-0.15, -0.1) is 11.3 Å². The van der Waals surface area contributed by atoms with E-state index in [1.54, 1.807) is 11.3 Å². The Kier molecular flexibility index (Phi) is 2.49. The van der Waals surface area contributed by atoms with Gasteiger partial charge in [0.1, 0.15) is 0 Å². The molecular weight excluding hydrogens is 198 g/mol. The summed E-state index contributed by atoms with van der Waals surface area (Å²) in [7, 11) is 0. The smallest absolute Gasteiger partial charge is 0.228 e. The van der Waals surface area contributed by atoms with Crippen molar-refractivity contribution in [2.75, 3.05) is 5.32 Å². The van der Waals surface area contributed by atoms with Gasteiger partial charge < -0.3 is 9.84 Å². The Morgan fingerprint density at radius 3 is 2.93 bits per heavy atom. The molecule has 0 bridgehead atoms. The molecule has 0 saturated heterocycles. The number of hydrogen-bond donors (Lipinski definition) is 1. The number of rotatable bonds is 3. The molecule has 0 atom stereocenters. The first kappa shape index (κ1) is 9.21. The van der Waals surface area contributed by atoms with Crippen LogP contribution in [0.5, 0.6) is 0 Å². The fraction of sp³-hybridized carbons (Fsp3) is 0.333. The lowest BCUT2D eigenvalue weighted by atomic mass is 10.3. The Hall–Kier alpha value is -1.36. The van der Waals surface area contributed by atoms with Crippen LogP contribution in [0, 0.1) is 13.8 Å². The normalized spacial score (nSPS) is 10.4. The van der Waals surface area contributed by atoms with Crippen LogP contribution < -0.4 is 5.32 Å². The predicted molar refractivity (Wildman–Crippen MR) is 55.4 cm³/mol. The molecule has 2 rings (SSSR count). The van der Waals surface area contributed by atoms with Crippen molar-refractivity contribution in [3.8, 4) is 0 Å². The maximum atomic E-state index is 5.11. The van der Waals surface area contributed by atoms with Crippen molar-refractivity contribution < 1.29 is 4.52 Å². The number of aryl methyl sites for hydroxylation is 1. The van der Waals surface area contributed by atoms with E-state index >= 15 is 0 Å². The number of aromatic nitrogens is 2. The molecule has 2 aromatic rings. The van der Waals surface area contributed by atoms with Crippen molar-refractivity contribution in [3.05, 3.63) is 27.8 Å². The van der Waals surface area contributed by atoms with E-state index in [0.717, 1.165) is 22.8 Å². The summed E-state index contributed by atoms with van der Waals surface area (Å²) in [4.78, 5) is 4.16. The molecule has 4 nitrogen and oxygen atoms in total. The molecule has 74 valence electrons. The van der Waals surface area contributed by atoms with E-state index in [-0.39, 0.29) is 0 Å². The summed E-state index contributed by atoms with van der Waals surface area (Å²) in [5.74, 6) is 0.732. The van der Waals surface area contributed by atoms with Crippen molar-refractivity contribution >= 4 is 17.2 Å². The number of hydrogen-bond acceptors (Lipinski definition) is 5. The van der Waals surface area contributed by atoms with Crippen LogP contribution in [0.3, 0.4) is 0 Å². The topological polar surface area (TPSA) is 51.0 Å². The average molecular weight is 209 g/mol. The quantitative estimate of drug-likeness (QED) is 0.843. The minimum atomic E-state index is 0.680. The SMILES string of the molecule is Cc1noc(NCc2cscn2)c1C. The van der Waals surface area contributed by atoms with Crippen molar-refractivity contribution in [3.63, 3.8) is 0 Å². The Balaban J connectivity index is 2.02. The van der Waals surface area contributed by atoms with Crippen LogP contribution in [0.1, 0.15) is 17.0 Å². The zero-order chi connectivity index (χ0) is 9.97. The summed E-state index contributed by atoms with van der Waals surface area (Å²) in [6, 6.07) is 0. The van der Waals surface area contributed by atoms with Gasteiger partial charge in [-0.3, -0.25) is 0 Å². The van der Waals surface area contributed by atoms with Crippen LogP contribution in [0.4, 0.5) is 5.88 Å². The zero-order valence-electron chi connectivity index (χ0n) is 8.07. The second-order valence-corrected chi connectivity index (χ2v) is 3.77. The molecule has 0 aliphatic carbocycles. The van der Waals surface area contributed by atoms with E-state index in [1.165, 1.54) is 0 Å². The molecule has 0 unspecified atom stereocenters. The van der Waals surface area contributed by atoms with Crippen LogP contribution in [-0.4, -0.2) is 10.1 Å². The maximum absolute atomic E-state index is 5.11. The third kappa shape index (κ3) is 1.77. The molecule has 0 amide bonds. The van der Waals surface area contributed by atoms with Crippen LogP contribution in [0.2, 0.25) is 0 Å². The van der Waals surface area contributed by atoms with Gasteiger partial charge in [0.2, 0.25) is 5.88 Å². The minimum Gasteiger partial charge on any atom is -0.348 e. The highest BCUT2D eigenvalue weighted by atomic mass is 32.1. The number of nitrogens with one attached hydrogen (secondary N) is 1. The van der Waals surface area contributed by atoms with Gasteiger partial charge in [-0.25, -0.2) is 4.98 Å². The van der Waals surface area contributed by atoms with E-state index in [1.807, 2.05) is 24.7 Å². The van der Waals surface area contributed by atoms with Gasteiger partial charge in [0.15, 0.2) is 0 Å². The molecule has 0 saturated carbocycles. The lowest BCUT2D eigenvalue weighted by Gasteiger charge is -1.99. The Morgan fingerprint density at radius 1 is 1.50 bits per heavy atom. The van der Waals surface area contributed by atoms with Crippen LogP contribution in [-0.2, 0) is 6.54 Å². The van der Waals surface area contributed by atoms with Crippen molar-refractivity contribution in [2.45, 2.75) is 20.4 Å². The van der Waals surface area contributed by atoms with Gasteiger partial charge in [0.05, 0.1) is 23.4 Å². The monoisotopic (exact) mass is 209 g/mol. The van der Waals surface area contributed by atoms with Gasteiger partial charge in [0, 0.05) is 10.9 Å². The highest BCUT2D eigenvalue weighted by molar-refractivity contribution is 7.07. The standard InChI is InChI=1S/C9H11N3OS/c1-6-7(2)12-13-9(6)10-3-8-4-14-5-11-8/h4-5,10H,3H2,1-2H3. The van der Waals surface area contributed by atoms with E-state index in [2.05, 4.69) is 15.5 Å². The molecule has 0 fully saturated rings. The molecule has 0 spiro atoms. The van der Waals surface area contributed by atoms with E-state index in [0.29, 0.717) is 6.54 Å². The Bertz CT molecular complexity index is 408.